The molecule has 10 nitrogen and oxygen atoms in total. The smallest absolute Gasteiger partial charge is 0.254 e. The first-order valence-electron chi connectivity index (χ1n) is 14.9. The van der Waals surface area contributed by atoms with Crippen LogP contribution in [0.25, 0.3) is 0 Å². The summed E-state index contributed by atoms with van der Waals surface area (Å²) in [5, 5.41) is 31.6. The zero-order chi connectivity index (χ0) is 30.7. The number of aromatic hydroxyl groups is 1. The van der Waals surface area contributed by atoms with E-state index in [0.29, 0.717) is 42.2 Å². The number of aliphatic hydroxyl groups excluding tert-OH is 1. The van der Waals surface area contributed by atoms with E-state index in [1.165, 1.54) is 26.4 Å². The van der Waals surface area contributed by atoms with Crippen molar-refractivity contribution in [1.82, 2.24) is 9.80 Å². The van der Waals surface area contributed by atoms with Crippen LogP contribution in [-0.4, -0.2) is 84.9 Å². The van der Waals surface area contributed by atoms with Crippen LogP contribution in [0.2, 0.25) is 0 Å². The minimum atomic E-state index is -1.21. The molecule has 1 fully saturated rings. The molecule has 0 radical (unpaired) electrons. The maximum absolute atomic E-state index is 14.3. The molecule has 4 atom stereocenters. The molecule has 0 aliphatic heterocycles. The van der Waals surface area contributed by atoms with Crippen LogP contribution >= 0.6 is 0 Å². The number of carbonyl (C=O) groups is 2. The number of Topliss-reactive ketones (excluding diaryl/α,β-unsaturated/α-hetero) is 1. The van der Waals surface area contributed by atoms with Crippen LogP contribution in [0.15, 0.2) is 28.7 Å². The Morgan fingerprint density at radius 3 is 2.43 bits per heavy atom. The number of nitrogens with two attached hydrogens (primary N) is 1. The van der Waals surface area contributed by atoms with E-state index in [2.05, 4.69) is 11.8 Å². The molecule has 10 heteroatoms. The van der Waals surface area contributed by atoms with Gasteiger partial charge in [-0.3, -0.25) is 19.4 Å². The van der Waals surface area contributed by atoms with Crippen molar-refractivity contribution in [3.05, 3.63) is 45.4 Å². The molecule has 5 N–H and O–H groups in total. The van der Waals surface area contributed by atoms with E-state index in [-0.39, 0.29) is 51.7 Å². The number of phenolic OH excluding ortho intramolecular Hbond substituents is 1. The van der Waals surface area contributed by atoms with E-state index >= 15 is 0 Å². The summed E-state index contributed by atoms with van der Waals surface area (Å²) < 4.78 is 11.9. The molecule has 1 unspecified atom stereocenters. The summed E-state index contributed by atoms with van der Waals surface area (Å²) in [6.07, 6.45) is 4.64. The van der Waals surface area contributed by atoms with Crippen molar-refractivity contribution in [3.63, 3.8) is 0 Å². The fourth-order valence-corrected chi connectivity index (χ4v) is 7.97. The molecule has 1 amide bonds. The highest BCUT2D eigenvalue weighted by molar-refractivity contribution is 6.24. The summed E-state index contributed by atoms with van der Waals surface area (Å²) in [5.74, 6) is -0.699. The Hall–Kier alpha value is -3.37. The van der Waals surface area contributed by atoms with Gasteiger partial charge in [0.1, 0.15) is 23.0 Å². The highest BCUT2D eigenvalue weighted by Gasteiger charge is 2.60. The topological polar surface area (TPSA) is 149 Å². The largest absolute Gasteiger partial charge is 0.510 e. The van der Waals surface area contributed by atoms with Crippen LogP contribution < -0.4 is 10.5 Å². The van der Waals surface area contributed by atoms with E-state index < -0.39 is 17.4 Å². The van der Waals surface area contributed by atoms with E-state index in [4.69, 9.17) is 20.6 Å². The van der Waals surface area contributed by atoms with Crippen molar-refractivity contribution < 1.29 is 29.3 Å². The highest BCUT2D eigenvalue weighted by atomic mass is 16.5. The van der Waals surface area contributed by atoms with Gasteiger partial charge in [-0.15, -0.1) is 0 Å². The number of primary amides is 1. The number of nitrogens with one attached hydrogen (secondary N) is 1. The van der Waals surface area contributed by atoms with E-state index in [1.54, 1.807) is 34.2 Å². The Bertz CT molecular complexity index is 1390. The number of hydrogen-bond donors (Lipinski definition) is 4. The quantitative estimate of drug-likeness (QED) is 0.346. The Labute approximate surface area is 247 Å². The van der Waals surface area contributed by atoms with Gasteiger partial charge in [0.05, 0.1) is 42.5 Å². The Morgan fingerprint density at radius 1 is 1.21 bits per heavy atom. The van der Waals surface area contributed by atoms with Crippen LogP contribution in [0.4, 0.5) is 0 Å². The van der Waals surface area contributed by atoms with Crippen LogP contribution in [0.5, 0.6) is 11.5 Å². The molecule has 4 aliphatic carbocycles. The number of allylic oxidation sites excluding steroid dienone is 2. The summed E-state index contributed by atoms with van der Waals surface area (Å²) in [6, 6.07) is 1.03. The van der Waals surface area contributed by atoms with E-state index in [0.717, 1.165) is 18.7 Å². The van der Waals surface area contributed by atoms with Crippen molar-refractivity contribution in [2.75, 3.05) is 41.4 Å². The lowest BCUT2D eigenvalue weighted by molar-refractivity contribution is -0.114. The van der Waals surface area contributed by atoms with Crippen LogP contribution in [0, 0.1) is 28.6 Å². The molecule has 4 aliphatic rings. The van der Waals surface area contributed by atoms with Gasteiger partial charge in [0, 0.05) is 35.7 Å². The van der Waals surface area contributed by atoms with Gasteiger partial charge < -0.3 is 30.8 Å². The molecule has 228 valence electrons. The Morgan fingerprint density at radius 2 is 1.90 bits per heavy atom. The fourth-order valence-electron chi connectivity index (χ4n) is 7.97. The Balaban J connectivity index is 1.64. The van der Waals surface area contributed by atoms with Gasteiger partial charge in [0.15, 0.2) is 5.78 Å². The van der Waals surface area contributed by atoms with E-state index in [9.17, 15) is 19.8 Å². The normalized spacial score (nSPS) is 27.6. The average molecular weight is 581 g/mol. The number of carbonyl (C=O) groups excluding carboxylic acids is 2. The maximum atomic E-state index is 14.3. The van der Waals surface area contributed by atoms with E-state index in [1.807, 2.05) is 4.90 Å². The van der Waals surface area contributed by atoms with Gasteiger partial charge in [-0.05, 0) is 71.1 Å². The summed E-state index contributed by atoms with van der Waals surface area (Å²) in [5.41, 5.74) is 6.14. The van der Waals surface area contributed by atoms with Crippen molar-refractivity contribution in [1.29, 1.82) is 5.41 Å². The SMILES string of the molecule is CCN(Cc1cc(O)c2c(c1OC)C[C@H]1C[C@H]3C(N(C)C)C(O)=C(C(N)=O)C(=N)[C@@]3(C)C(OC)=C1C2=O)CC1CCC1. The second-order valence-corrected chi connectivity index (χ2v) is 12.7. The fraction of sp³-hybridized carbons (Fsp3) is 0.594. The third kappa shape index (κ3) is 4.41. The second-order valence-electron chi connectivity index (χ2n) is 12.7. The number of rotatable bonds is 9. The van der Waals surface area contributed by atoms with Crippen molar-refractivity contribution in [3.8, 4) is 11.5 Å². The monoisotopic (exact) mass is 580 g/mol. The van der Waals surface area contributed by atoms with Gasteiger partial charge >= 0.3 is 0 Å². The number of phenols is 1. The molecule has 0 bridgehead atoms. The third-order valence-electron chi connectivity index (χ3n) is 10.2. The summed E-state index contributed by atoms with van der Waals surface area (Å²) in [6.45, 7) is 6.38. The molecule has 42 heavy (non-hydrogen) atoms. The molecular weight excluding hydrogens is 536 g/mol. The third-order valence-corrected chi connectivity index (χ3v) is 10.2. The average Bonchev–Trinajstić information content (AvgIpc) is 2.89. The lowest BCUT2D eigenvalue weighted by Gasteiger charge is -2.53. The number of ketones is 1. The predicted octanol–water partition coefficient (Wildman–Crippen LogP) is 3.57. The summed E-state index contributed by atoms with van der Waals surface area (Å²) >= 11 is 0. The number of ether oxygens (including phenoxy) is 2. The molecule has 0 spiro atoms. The number of amides is 1. The second kappa shape index (κ2) is 11.0. The minimum Gasteiger partial charge on any atom is -0.510 e. The minimum absolute atomic E-state index is 0.0977. The number of methoxy groups -OCH3 is 2. The van der Waals surface area contributed by atoms with Crippen LogP contribution in [-0.2, 0) is 22.5 Å². The molecular formula is C32H44N4O6. The van der Waals surface area contributed by atoms with Crippen LogP contribution in [0.3, 0.4) is 0 Å². The van der Waals surface area contributed by atoms with Gasteiger partial charge in [0.2, 0.25) is 0 Å². The number of nitrogens with zero attached hydrogens (tertiary/aromatic N) is 2. The van der Waals surface area contributed by atoms with Crippen molar-refractivity contribution in [2.24, 2.45) is 28.9 Å². The lowest BCUT2D eigenvalue weighted by atomic mass is 9.53. The number of likely N-dealkylation sites (N-methyl/N-ethyl adjacent to an activating group) is 1. The van der Waals surface area contributed by atoms with Gasteiger partial charge in [-0.25, -0.2) is 0 Å². The first-order chi connectivity index (χ1) is 19.9. The molecule has 5 rings (SSSR count). The first kappa shape index (κ1) is 30.1. The highest BCUT2D eigenvalue weighted by Crippen LogP contribution is 2.58. The zero-order valence-electron chi connectivity index (χ0n) is 25.5. The first-order valence-corrected chi connectivity index (χ1v) is 14.9. The van der Waals surface area contributed by atoms with Crippen molar-refractivity contribution >= 4 is 17.4 Å². The Kier molecular flexibility index (Phi) is 7.91. The zero-order valence-corrected chi connectivity index (χ0v) is 25.5. The molecule has 0 heterocycles. The number of hydrogen-bond acceptors (Lipinski definition) is 9. The molecule has 0 aromatic heterocycles. The number of benzene rings is 1. The standard InChI is InChI=1S/C32H44N4O6/c1-7-36(14-16-9-8-10-16)15-18-13-21(37)23-19(28(18)41-5)11-17-12-20-25(35(3)4)27(39)24(31(34)40)29(33)32(20,2)30(42-6)22(17)26(23)38/h13,16-17,20,25,33,37,39H,7-12,14-15H2,1-6H3,(H2,34,40)/t17-,20-,25?,32-/m0/s1. The molecule has 1 aromatic rings. The van der Waals surface area contributed by atoms with Gasteiger partial charge in [-0.1, -0.05) is 13.3 Å². The summed E-state index contributed by atoms with van der Waals surface area (Å²) in [7, 11) is 6.67. The molecule has 1 saturated carbocycles. The number of aliphatic hydroxyl groups is 1. The van der Waals surface area contributed by atoms with Crippen LogP contribution in [0.1, 0.15) is 61.0 Å². The summed E-state index contributed by atoms with van der Waals surface area (Å²) in [4.78, 5) is 30.9. The molecule has 0 saturated heterocycles. The maximum Gasteiger partial charge on any atom is 0.254 e. The predicted molar refractivity (Wildman–Crippen MR) is 159 cm³/mol. The van der Waals surface area contributed by atoms with Crippen molar-refractivity contribution in [2.45, 2.75) is 58.5 Å². The van der Waals surface area contributed by atoms with Gasteiger partial charge in [-0.2, -0.15) is 0 Å². The van der Waals surface area contributed by atoms with Gasteiger partial charge in [0.25, 0.3) is 5.91 Å². The number of fused-ring (bicyclic) bond motifs is 3. The lowest BCUT2D eigenvalue weighted by Crippen LogP contribution is -2.58. The molecule has 1 aromatic carbocycles.